The Morgan fingerprint density at radius 3 is 2.18 bits per heavy atom. The number of rotatable bonds is 3. The van der Waals surface area contributed by atoms with Crippen molar-refractivity contribution in [3.05, 3.63) is 156 Å². The first-order valence-corrected chi connectivity index (χ1v) is 15.5. The van der Waals surface area contributed by atoms with E-state index in [0.29, 0.717) is 0 Å². The maximum absolute atomic E-state index is 5.22. The Bertz CT molecular complexity index is 2380. The summed E-state index contributed by atoms with van der Waals surface area (Å²) in [5.74, 6) is 0. The highest BCUT2D eigenvalue weighted by molar-refractivity contribution is 6.15. The largest absolute Gasteiger partial charge is 0.252 e. The predicted molar refractivity (Wildman–Crippen MR) is 188 cm³/mol. The maximum Gasteiger partial charge on any atom is 0.0681 e. The van der Waals surface area contributed by atoms with Crippen LogP contribution in [0.3, 0.4) is 0 Å². The molecule has 7 aromatic rings. The summed E-state index contributed by atoms with van der Waals surface area (Å²) < 4.78 is 0. The molecular weight excluding hydrogens is 530 g/mol. The van der Waals surface area contributed by atoms with Gasteiger partial charge in [0.1, 0.15) is 0 Å². The van der Waals surface area contributed by atoms with E-state index in [0.717, 1.165) is 17.8 Å². The molecule has 0 radical (unpaired) electrons. The van der Waals surface area contributed by atoms with Gasteiger partial charge >= 0.3 is 0 Å². The molecular formula is C43H31N. The lowest BCUT2D eigenvalue weighted by atomic mass is 9.78. The molecule has 0 aromatic heterocycles. The van der Waals surface area contributed by atoms with Crippen molar-refractivity contribution in [2.75, 3.05) is 0 Å². The zero-order chi connectivity index (χ0) is 29.4. The molecule has 1 aliphatic carbocycles. The number of aliphatic imine (C=N–C) groups is 1. The number of hydrogen-bond donors (Lipinski definition) is 0. The summed E-state index contributed by atoms with van der Waals surface area (Å²) in [6.07, 6.45) is 5.53. The third-order valence-electron chi connectivity index (χ3n) is 9.79. The second-order valence-corrected chi connectivity index (χ2v) is 12.8. The highest BCUT2D eigenvalue weighted by Gasteiger charge is 2.36. The first kappa shape index (κ1) is 25.2. The van der Waals surface area contributed by atoms with Gasteiger partial charge in [0.15, 0.2) is 0 Å². The lowest BCUT2D eigenvalue weighted by molar-refractivity contribution is 0.739. The van der Waals surface area contributed by atoms with Gasteiger partial charge in [0.2, 0.25) is 0 Å². The van der Waals surface area contributed by atoms with E-state index in [9.17, 15) is 0 Å². The van der Waals surface area contributed by atoms with Crippen LogP contribution in [0.5, 0.6) is 0 Å². The van der Waals surface area contributed by atoms with E-state index < -0.39 is 0 Å². The Morgan fingerprint density at radius 2 is 1.32 bits per heavy atom. The topological polar surface area (TPSA) is 12.4 Å². The molecule has 0 spiro atoms. The second-order valence-electron chi connectivity index (χ2n) is 12.8. The average Bonchev–Trinajstić information content (AvgIpc) is 3.32. The highest BCUT2D eigenvalue weighted by Crippen LogP contribution is 2.45. The van der Waals surface area contributed by atoms with Crippen LogP contribution in [0.15, 0.2) is 138 Å². The van der Waals surface area contributed by atoms with E-state index in [4.69, 9.17) is 4.99 Å². The Labute approximate surface area is 257 Å². The smallest absolute Gasteiger partial charge is 0.0681 e. The van der Waals surface area contributed by atoms with Crippen LogP contribution in [0.4, 0.5) is 5.69 Å². The summed E-state index contributed by atoms with van der Waals surface area (Å²) in [6, 6.07) is 47.0. The number of allylic oxidation sites excluding steroid dienone is 1. The molecule has 7 aromatic carbocycles. The molecule has 1 heterocycles. The third kappa shape index (κ3) is 3.76. The summed E-state index contributed by atoms with van der Waals surface area (Å²) >= 11 is 0. The fourth-order valence-corrected chi connectivity index (χ4v) is 7.56. The molecule has 0 fully saturated rings. The van der Waals surface area contributed by atoms with Gasteiger partial charge in [0, 0.05) is 5.41 Å². The molecule has 1 heteroatoms. The van der Waals surface area contributed by atoms with Crippen LogP contribution in [-0.2, 0) is 11.8 Å². The van der Waals surface area contributed by atoms with Gasteiger partial charge < -0.3 is 0 Å². The molecule has 0 saturated carbocycles. The van der Waals surface area contributed by atoms with E-state index in [1.165, 1.54) is 76.8 Å². The number of fused-ring (bicyclic) bond motifs is 3. The first-order chi connectivity index (χ1) is 21.5. The standard InChI is InChI=1S/C43H31N/c1-43(2)39-25-29-9-3-4-10-30(29)26-40(39)44-42(43)34-20-22-36-33(24-34)16-8-17-35(36)31-14-6-15-32(23-31)37-21-19-28-12-5-11-27-13-7-18-38(37)41(27)28/h3-10,12-26H,11H2,1-2H3. The van der Waals surface area contributed by atoms with Crippen LogP contribution in [0.25, 0.3) is 60.6 Å². The second kappa shape index (κ2) is 9.36. The lowest BCUT2D eigenvalue weighted by Gasteiger charge is -2.23. The van der Waals surface area contributed by atoms with Gasteiger partial charge in [-0.15, -0.1) is 0 Å². The van der Waals surface area contributed by atoms with Crippen molar-refractivity contribution in [2.24, 2.45) is 4.99 Å². The van der Waals surface area contributed by atoms with E-state index >= 15 is 0 Å². The van der Waals surface area contributed by atoms with Gasteiger partial charge in [-0.3, -0.25) is 4.99 Å². The minimum absolute atomic E-state index is 0.173. The van der Waals surface area contributed by atoms with Gasteiger partial charge in [0.05, 0.1) is 11.4 Å². The maximum atomic E-state index is 5.22. The van der Waals surface area contributed by atoms with Gasteiger partial charge in [0.25, 0.3) is 0 Å². The molecule has 44 heavy (non-hydrogen) atoms. The summed E-state index contributed by atoms with van der Waals surface area (Å²) in [4.78, 5) is 5.22. The molecule has 0 N–H and O–H groups in total. The Morgan fingerprint density at radius 1 is 0.568 bits per heavy atom. The van der Waals surface area contributed by atoms with E-state index in [2.05, 4.69) is 153 Å². The summed E-state index contributed by atoms with van der Waals surface area (Å²) in [6.45, 7) is 4.60. The van der Waals surface area contributed by atoms with Crippen molar-refractivity contribution in [2.45, 2.75) is 25.7 Å². The predicted octanol–water partition coefficient (Wildman–Crippen LogP) is 11.5. The van der Waals surface area contributed by atoms with Gasteiger partial charge in [-0.25, -0.2) is 0 Å². The molecule has 0 amide bonds. The highest BCUT2D eigenvalue weighted by atomic mass is 14.8. The van der Waals surface area contributed by atoms with Crippen LogP contribution in [0, 0.1) is 0 Å². The van der Waals surface area contributed by atoms with E-state index in [1.54, 1.807) is 0 Å². The van der Waals surface area contributed by atoms with Gasteiger partial charge in [-0.2, -0.15) is 0 Å². The van der Waals surface area contributed by atoms with Crippen molar-refractivity contribution in [1.82, 2.24) is 0 Å². The molecule has 1 nitrogen and oxygen atoms in total. The molecule has 208 valence electrons. The molecule has 0 atom stereocenters. The molecule has 0 unspecified atom stereocenters. The Balaban J connectivity index is 1.13. The molecule has 1 aliphatic heterocycles. The molecule has 9 rings (SSSR count). The summed E-state index contributed by atoms with van der Waals surface area (Å²) in [5, 5.41) is 7.72. The summed E-state index contributed by atoms with van der Waals surface area (Å²) in [5.41, 5.74) is 12.3. The first-order valence-electron chi connectivity index (χ1n) is 15.5. The zero-order valence-electron chi connectivity index (χ0n) is 24.9. The Hall–Kier alpha value is -5.27. The van der Waals surface area contributed by atoms with Crippen LogP contribution in [0.1, 0.15) is 36.1 Å². The number of hydrogen-bond acceptors (Lipinski definition) is 1. The van der Waals surface area contributed by atoms with Crippen LogP contribution >= 0.6 is 0 Å². The van der Waals surface area contributed by atoms with Crippen molar-refractivity contribution in [1.29, 1.82) is 0 Å². The fourth-order valence-electron chi connectivity index (χ4n) is 7.56. The van der Waals surface area contributed by atoms with Crippen LogP contribution in [-0.4, -0.2) is 5.71 Å². The number of nitrogens with zero attached hydrogens (tertiary/aromatic N) is 1. The van der Waals surface area contributed by atoms with Gasteiger partial charge in [-0.05, 0) is 108 Å². The van der Waals surface area contributed by atoms with Crippen LogP contribution < -0.4 is 0 Å². The molecule has 2 aliphatic rings. The zero-order valence-corrected chi connectivity index (χ0v) is 24.9. The fraction of sp³-hybridized carbons (Fsp3) is 0.0930. The third-order valence-corrected chi connectivity index (χ3v) is 9.79. The van der Waals surface area contributed by atoms with Gasteiger partial charge in [-0.1, -0.05) is 129 Å². The minimum atomic E-state index is -0.173. The molecule has 0 bridgehead atoms. The van der Waals surface area contributed by atoms with Crippen molar-refractivity contribution in [3.63, 3.8) is 0 Å². The Kier molecular flexibility index (Phi) is 5.37. The SMILES string of the molecule is CC1(C)C(c2ccc3c(-c4cccc(-c5ccc6c7c(cccc57)CC=C6)c4)cccc3c2)=Nc2cc3ccccc3cc21. The molecule has 0 saturated heterocycles. The van der Waals surface area contributed by atoms with Crippen molar-refractivity contribution >= 4 is 49.8 Å². The number of benzene rings is 7. The van der Waals surface area contributed by atoms with Crippen molar-refractivity contribution < 1.29 is 0 Å². The lowest BCUT2D eigenvalue weighted by Crippen LogP contribution is -2.26. The van der Waals surface area contributed by atoms with Crippen LogP contribution in [0.2, 0.25) is 0 Å². The quantitative estimate of drug-likeness (QED) is 0.203. The summed E-state index contributed by atoms with van der Waals surface area (Å²) in [7, 11) is 0. The average molecular weight is 562 g/mol. The normalized spacial score (nSPS) is 14.7. The van der Waals surface area contributed by atoms with Crippen molar-refractivity contribution in [3.8, 4) is 22.3 Å². The minimum Gasteiger partial charge on any atom is -0.252 e. The monoisotopic (exact) mass is 561 g/mol. The van der Waals surface area contributed by atoms with E-state index in [-0.39, 0.29) is 5.41 Å². The van der Waals surface area contributed by atoms with E-state index in [1.807, 2.05) is 0 Å².